The molecule has 2 fully saturated rings. The number of likely N-dealkylation sites (N-methyl/N-ethyl adjacent to an activating group) is 1. The molecule has 1 unspecified atom stereocenters. The van der Waals surface area contributed by atoms with Crippen LogP contribution in [0.2, 0.25) is 0 Å². The molecule has 0 bridgehead atoms. The molecule has 3 heterocycles. The highest BCUT2D eigenvalue weighted by molar-refractivity contribution is 5.88. The Morgan fingerprint density at radius 2 is 1.82 bits per heavy atom. The number of rotatable bonds is 4. The van der Waals surface area contributed by atoms with Crippen LogP contribution in [0.4, 0.5) is 0 Å². The van der Waals surface area contributed by atoms with Gasteiger partial charge in [-0.25, -0.2) is 0 Å². The maximum absolute atomic E-state index is 14.3. The number of hydrogen-bond acceptors (Lipinski definition) is 4. The number of amides is 1. The second-order valence-electron chi connectivity index (χ2n) is 10.1. The van der Waals surface area contributed by atoms with Crippen molar-refractivity contribution in [2.75, 3.05) is 46.4 Å². The van der Waals surface area contributed by atoms with Crippen molar-refractivity contribution in [1.82, 2.24) is 14.8 Å². The van der Waals surface area contributed by atoms with Gasteiger partial charge in [0.1, 0.15) is 0 Å². The minimum atomic E-state index is -0.483. The minimum absolute atomic E-state index is 0.277. The molecule has 0 saturated carbocycles. The minimum Gasteiger partial charge on any atom is -0.381 e. The lowest BCUT2D eigenvalue weighted by atomic mass is 9.72. The Balaban J connectivity index is 1.42. The average molecular weight is 458 g/mol. The molecular formula is C29H35N3O2. The van der Waals surface area contributed by atoms with Gasteiger partial charge in [0.05, 0.1) is 10.9 Å². The lowest BCUT2D eigenvalue weighted by Gasteiger charge is -2.40. The highest BCUT2D eigenvalue weighted by atomic mass is 16.5. The van der Waals surface area contributed by atoms with Crippen molar-refractivity contribution >= 4 is 16.8 Å². The van der Waals surface area contributed by atoms with E-state index in [4.69, 9.17) is 4.74 Å². The standard InChI is InChI=1S/C29H35N3O2/c1-22-8-10-25(11-9-22)29(12-17-34-18-13-29)28(33)32-16-15-31(2)20-23(21-32)19-24-5-3-7-27-26(24)6-4-14-30-27/h3-11,14,23H,12-13,15-21H2,1-2H3. The summed E-state index contributed by atoms with van der Waals surface area (Å²) in [5, 5.41) is 1.22. The SMILES string of the molecule is Cc1ccc(C2(C(=O)N3CCN(C)CC(Cc4cccc5ncccc45)C3)CCOCC2)cc1. The monoisotopic (exact) mass is 457 g/mol. The first-order chi connectivity index (χ1) is 16.5. The van der Waals surface area contributed by atoms with Crippen molar-refractivity contribution in [3.05, 3.63) is 77.5 Å². The Morgan fingerprint density at radius 3 is 2.62 bits per heavy atom. The van der Waals surface area contributed by atoms with Crippen molar-refractivity contribution in [2.45, 2.75) is 31.6 Å². The summed E-state index contributed by atoms with van der Waals surface area (Å²) in [5.74, 6) is 0.650. The Labute approximate surface area is 202 Å². The van der Waals surface area contributed by atoms with Crippen molar-refractivity contribution in [3.63, 3.8) is 0 Å². The molecule has 5 heteroatoms. The van der Waals surface area contributed by atoms with Gasteiger partial charge >= 0.3 is 0 Å². The van der Waals surface area contributed by atoms with Crippen LogP contribution in [0, 0.1) is 12.8 Å². The molecule has 1 amide bonds. The summed E-state index contributed by atoms with van der Waals surface area (Å²) in [6, 6.07) is 19.1. The van der Waals surface area contributed by atoms with Crippen LogP contribution >= 0.6 is 0 Å². The fourth-order valence-electron chi connectivity index (χ4n) is 5.77. The van der Waals surface area contributed by atoms with E-state index in [0.717, 1.165) is 56.5 Å². The summed E-state index contributed by atoms with van der Waals surface area (Å²) >= 11 is 0. The summed E-state index contributed by atoms with van der Waals surface area (Å²) in [6.07, 6.45) is 4.30. The molecule has 3 aromatic rings. The highest BCUT2D eigenvalue weighted by Gasteiger charge is 2.44. The number of fused-ring (bicyclic) bond motifs is 1. The maximum atomic E-state index is 14.3. The third-order valence-electron chi connectivity index (χ3n) is 7.69. The molecule has 178 valence electrons. The largest absolute Gasteiger partial charge is 0.381 e. The fourth-order valence-corrected chi connectivity index (χ4v) is 5.77. The van der Waals surface area contributed by atoms with Crippen molar-refractivity contribution in [1.29, 1.82) is 0 Å². The number of ether oxygens (including phenoxy) is 1. The molecule has 2 aliphatic heterocycles. The van der Waals surface area contributed by atoms with E-state index in [1.54, 1.807) is 0 Å². The van der Waals surface area contributed by atoms with Crippen LogP contribution in [-0.2, 0) is 21.4 Å². The van der Waals surface area contributed by atoms with Crippen molar-refractivity contribution in [2.24, 2.45) is 5.92 Å². The molecule has 0 radical (unpaired) electrons. The number of aromatic nitrogens is 1. The number of aryl methyl sites for hydroxylation is 1. The van der Waals surface area contributed by atoms with Crippen LogP contribution in [0.1, 0.15) is 29.5 Å². The molecule has 0 spiro atoms. The number of carbonyl (C=O) groups is 1. The summed E-state index contributed by atoms with van der Waals surface area (Å²) in [5.41, 5.74) is 4.23. The molecule has 2 saturated heterocycles. The van der Waals surface area contributed by atoms with Gasteiger partial charge in [-0.05, 0) is 62.4 Å². The summed E-state index contributed by atoms with van der Waals surface area (Å²) in [7, 11) is 2.18. The normalized spacial score (nSPS) is 21.4. The topological polar surface area (TPSA) is 45.7 Å². The Morgan fingerprint density at radius 1 is 1.03 bits per heavy atom. The zero-order chi connectivity index (χ0) is 23.5. The first kappa shape index (κ1) is 23.0. The molecule has 5 rings (SSSR count). The van der Waals surface area contributed by atoms with Gasteiger partial charge in [0.2, 0.25) is 5.91 Å². The van der Waals surface area contributed by atoms with Gasteiger partial charge < -0.3 is 14.5 Å². The molecule has 2 aromatic carbocycles. The third kappa shape index (κ3) is 4.59. The van der Waals surface area contributed by atoms with Gasteiger partial charge in [-0.2, -0.15) is 0 Å². The van der Waals surface area contributed by atoms with Crippen LogP contribution in [0.15, 0.2) is 60.8 Å². The van der Waals surface area contributed by atoms with E-state index in [2.05, 4.69) is 77.3 Å². The number of carbonyl (C=O) groups excluding carboxylic acids is 1. The van der Waals surface area contributed by atoms with Crippen LogP contribution < -0.4 is 0 Å². The van der Waals surface area contributed by atoms with Crippen LogP contribution in [0.3, 0.4) is 0 Å². The number of hydrogen-bond donors (Lipinski definition) is 0. The van der Waals surface area contributed by atoms with Gasteiger partial charge in [0.15, 0.2) is 0 Å². The van der Waals surface area contributed by atoms with Gasteiger partial charge in [0.25, 0.3) is 0 Å². The predicted molar refractivity (Wildman–Crippen MR) is 136 cm³/mol. The van der Waals surface area contributed by atoms with Crippen LogP contribution in [0.5, 0.6) is 0 Å². The Kier molecular flexibility index (Phi) is 6.66. The number of nitrogens with zero attached hydrogens (tertiary/aromatic N) is 3. The second-order valence-corrected chi connectivity index (χ2v) is 10.1. The smallest absolute Gasteiger partial charge is 0.233 e. The molecule has 1 atom stereocenters. The molecular weight excluding hydrogens is 422 g/mol. The van der Waals surface area contributed by atoms with E-state index >= 15 is 0 Å². The van der Waals surface area contributed by atoms with Gasteiger partial charge in [-0.15, -0.1) is 0 Å². The van der Waals surface area contributed by atoms with E-state index < -0.39 is 5.41 Å². The zero-order valence-corrected chi connectivity index (χ0v) is 20.4. The van der Waals surface area contributed by atoms with Crippen LogP contribution in [0.25, 0.3) is 10.9 Å². The predicted octanol–water partition coefficient (Wildman–Crippen LogP) is 4.22. The van der Waals surface area contributed by atoms with Gasteiger partial charge in [-0.3, -0.25) is 9.78 Å². The van der Waals surface area contributed by atoms with E-state index in [1.165, 1.54) is 16.5 Å². The molecule has 5 nitrogen and oxygen atoms in total. The first-order valence-electron chi connectivity index (χ1n) is 12.5. The van der Waals surface area contributed by atoms with Gasteiger partial charge in [-0.1, -0.05) is 48.0 Å². The summed E-state index contributed by atoms with van der Waals surface area (Å²) in [4.78, 5) is 23.3. The number of pyridine rings is 1. The molecule has 2 aliphatic rings. The van der Waals surface area contributed by atoms with Crippen LogP contribution in [-0.4, -0.2) is 67.1 Å². The van der Waals surface area contributed by atoms with E-state index in [0.29, 0.717) is 19.1 Å². The summed E-state index contributed by atoms with van der Waals surface area (Å²) in [6.45, 7) is 6.83. The summed E-state index contributed by atoms with van der Waals surface area (Å²) < 4.78 is 5.71. The van der Waals surface area contributed by atoms with Crippen molar-refractivity contribution < 1.29 is 9.53 Å². The van der Waals surface area contributed by atoms with Crippen molar-refractivity contribution in [3.8, 4) is 0 Å². The maximum Gasteiger partial charge on any atom is 0.233 e. The molecule has 34 heavy (non-hydrogen) atoms. The zero-order valence-electron chi connectivity index (χ0n) is 20.4. The first-order valence-corrected chi connectivity index (χ1v) is 12.5. The lowest BCUT2D eigenvalue weighted by molar-refractivity contribution is -0.141. The van der Waals surface area contributed by atoms with Gasteiger partial charge in [0, 0.05) is 51.0 Å². The second kappa shape index (κ2) is 9.85. The Bertz CT molecular complexity index is 1130. The lowest BCUT2D eigenvalue weighted by Crippen LogP contribution is -2.51. The fraction of sp³-hybridized carbons (Fsp3) is 0.448. The average Bonchev–Trinajstić information content (AvgIpc) is 3.05. The van der Waals surface area contributed by atoms with E-state index in [-0.39, 0.29) is 5.91 Å². The van der Waals surface area contributed by atoms with E-state index in [1.807, 2.05) is 12.3 Å². The third-order valence-corrected chi connectivity index (χ3v) is 7.69. The molecule has 1 aromatic heterocycles. The number of benzene rings is 2. The van der Waals surface area contributed by atoms with E-state index in [9.17, 15) is 4.79 Å². The molecule has 0 aliphatic carbocycles. The Hall–Kier alpha value is -2.76. The highest BCUT2D eigenvalue weighted by Crippen LogP contribution is 2.37. The quantitative estimate of drug-likeness (QED) is 0.588. The molecule has 0 N–H and O–H groups in total.